The van der Waals surface area contributed by atoms with Crippen LogP contribution in [0.1, 0.15) is 11.1 Å². The molecule has 0 aromatic heterocycles. The summed E-state index contributed by atoms with van der Waals surface area (Å²) in [6, 6.07) is 13.7. The summed E-state index contributed by atoms with van der Waals surface area (Å²) >= 11 is 0. The van der Waals surface area contributed by atoms with E-state index in [2.05, 4.69) is 4.72 Å². The molecule has 0 radical (unpaired) electrons. The van der Waals surface area contributed by atoms with Crippen LogP contribution in [0.15, 0.2) is 53.4 Å². The number of hydrogen-bond acceptors (Lipinski definition) is 3. The third kappa shape index (κ3) is 3.59. The zero-order valence-corrected chi connectivity index (χ0v) is 12.0. The monoisotopic (exact) mass is 291 g/mol. The lowest BCUT2D eigenvalue weighted by molar-refractivity contribution is 0.299. The van der Waals surface area contributed by atoms with E-state index in [9.17, 15) is 8.42 Å². The Hall–Kier alpha value is -1.85. The minimum absolute atomic E-state index is 0.0777. The fourth-order valence-electron chi connectivity index (χ4n) is 1.87. The van der Waals surface area contributed by atoms with Gasteiger partial charge in [0.1, 0.15) is 0 Å². The van der Waals surface area contributed by atoms with E-state index in [-0.39, 0.29) is 11.5 Å². The molecule has 2 aromatic rings. The van der Waals surface area contributed by atoms with E-state index >= 15 is 0 Å². The third-order valence-corrected chi connectivity index (χ3v) is 4.29. The van der Waals surface area contributed by atoms with Gasteiger partial charge in [-0.05, 0) is 48.7 Å². The molecule has 0 saturated heterocycles. The Kier molecular flexibility index (Phi) is 4.42. The normalized spacial score (nSPS) is 11.3. The maximum Gasteiger partial charge on any atom is 0.261 e. The molecule has 20 heavy (non-hydrogen) atoms. The predicted molar refractivity (Wildman–Crippen MR) is 79.2 cm³/mol. The van der Waals surface area contributed by atoms with E-state index in [1.54, 1.807) is 42.5 Å². The quantitative estimate of drug-likeness (QED) is 0.888. The Balaban J connectivity index is 2.20. The van der Waals surface area contributed by atoms with E-state index in [0.717, 1.165) is 11.1 Å². The number of nitrogens with one attached hydrogen (secondary N) is 1. The zero-order chi connectivity index (χ0) is 14.6. The second-order valence-corrected chi connectivity index (χ2v) is 6.27. The lowest BCUT2D eigenvalue weighted by Crippen LogP contribution is -2.13. The molecule has 0 saturated carbocycles. The molecule has 0 unspecified atom stereocenters. The van der Waals surface area contributed by atoms with Crippen LogP contribution in [-0.4, -0.2) is 20.1 Å². The average Bonchev–Trinajstić information content (AvgIpc) is 2.41. The number of benzene rings is 2. The summed E-state index contributed by atoms with van der Waals surface area (Å²) in [4.78, 5) is 0.247. The van der Waals surface area contributed by atoms with Gasteiger partial charge in [-0.3, -0.25) is 4.72 Å². The van der Waals surface area contributed by atoms with Crippen molar-refractivity contribution >= 4 is 15.7 Å². The van der Waals surface area contributed by atoms with E-state index in [0.29, 0.717) is 12.1 Å². The molecule has 0 atom stereocenters. The Morgan fingerprint density at radius 2 is 1.80 bits per heavy atom. The molecule has 0 aliphatic carbocycles. The fourth-order valence-corrected chi connectivity index (χ4v) is 3.03. The standard InChI is InChI=1S/C15H17NO3S/c1-12-3-2-4-15(11-12)20(18,19)16-14-7-5-13(6-8-14)9-10-17/h2-8,11,16-17H,9-10H2,1H3. The first-order valence-electron chi connectivity index (χ1n) is 6.30. The molecule has 2 rings (SSSR count). The van der Waals surface area contributed by atoms with Gasteiger partial charge in [-0.2, -0.15) is 0 Å². The summed E-state index contributed by atoms with van der Waals surface area (Å²) < 4.78 is 27.0. The van der Waals surface area contributed by atoms with Crippen molar-refractivity contribution in [2.75, 3.05) is 11.3 Å². The molecule has 2 aromatic carbocycles. The van der Waals surface area contributed by atoms with Crippen LogP contribution < -0.4 is 4.72 Å². The van der Waals surface area contributed by atoms with Crippen molar-refractivity contribution in [3.63, 3.8) is 0 Å². The lowest BCUT2D eigenvalue weighted by Gasteiger charge is -2.09. The molecule has 0 heterocycles. The van der Waals surface area contributed by atoms with E-state index in [4.69, 9.17) is 5.11 Å². The molecule has 2 N–H and O–H groups in total. The smallest absolute Gasteiger partial charge is 0.261 e. The summed E-state index contributed by atoms with van der Waals surface area (Å²) in [6.07, 6.45) is 0.560. The zero-order valence-electron chi connectivity index (χ0n) is 11.2. The van der Waals surface area contributed by atoms with Crippen molar-refractivity contribution in [1.29, 1.82) is 0 Å². The van der Waals surface area contributed by atoms with Crippen LogP contribution >= 0.6 is 0 Å². The van der Waals surface area contributed by atoms with Crippen LogP contribution in [-0.2, 0) is 16.4 Å². The Bertz CT molecular complexity index is 679. The minimum Gasteiger partial charge on any atom is -0.396 e. The van der Waals surface area contributed by atoms with Crippen molar-refractivity contribution < 1.29 is 13.5 Å². The van der Waals surface area contributed by atoms with Crippen molar-refractivity contribution in [3.8, 4) is 0 Å². The van der Waals surface area contributed by atoms with Crippen LogP contribution in [0, 0.1) is 6.92 Å². The van der Waals surface area contributed by atoms with Crippen molar-refractivity contribution in [2.45, 2.75) is 18.2 Å². The first-order chi connectivity index (χ1) is 9.51. The summed E-state index contributed by atoms with van der Waals surface area (Å²) in [6.45, 7) is 1.93. The molecule has 0 fully saturated rings. The van der Waals surface area contributed by atoms with Gasteiger partial charge in [0.05, 0.1) is 4.90 Å². The Morgan fingerprint density at radius 3 is 2.40 bits per heavy atom. The second-order valence-electron chi connectivity index (χ2n) is 4.59. The third-order valence-electron chi connectivity index (χ3n) is 2.91. The summed E-state index contributed by atoms with van der Waals surface area (Å²) in [5.74, 6) is 0. The second kappa shape index (κ2) is 6.07. The van der Waals surface area contributed by atoms with Gasteiger partial charge in [0.25, 0.3) is 10.0 Å². The van der Waals surface area contributed by atoms with Gasteiger partial charge in [-0.15, -0.1) is 0 Å². The highest BCUT2D eigenvalue weighted by atomic mass is 32.2. The maximum absolute atomic E-state index is 12.2. The Labute approximate surface area is 119 Å². The van der Waals surface area contributed by atoms with Gasteiger partial charge in [0.15, 0.2) is 0 Å². The molecule has 106 valence electrons. The first-order valence-corrected chi connectivity index (χ1v) is 7.79. The fraction of sp³-hybridized carbons (Fsp3) is 0.200. The predicted octanol–water partition coefficient (Wildman–Crippen LogP) is 2.33. The van der Waals surface area contributed by atoms with Crippen molar-refractivity contribution in [3.05, 3.63) is 59.7 Å². The highest BCUT2D eigenvalue weighted by molar-refractivity contribution is 7.92. The number of sulfonamides is 1. The largest absolute Gasteiger partial charge is 0.396 e. The summed E-state index contributed by atoms with van der Waals surface area (Å²) in [7, 11) is -3.56. The van der Waals surface area contributed by atoms with Gasteiger partial charge in [-0.1, -0.05) is 24.3 Å². The van der Waals surface area contributed by atoms with Crippen LogP contribution in [0.3, 0.4) is 0 Å². The van der Waals surface area contributed by atoms with Gasteiger partial charge < -0.3 is 5.11 Å². The highest BCUT2D eigenvalue weighted by Crippen LogP contribution is 2.17. The Morgan fingerprint density at radius 1 is 1.10 bits per heavy atom. The minimum atomic E-state index is -3.56. The summed E-state index contributed by atoms with van der Waals surface area (Å²) in [5.41, 5.74) is 2.37. The highest BCUT2D eigenvalue weighted by Gasteiger charge is 2.13. The number of aryl methyl sites for hydroxylation is 1. The van der Waals surface area contributed by atoms with E-state index in [1.165, 1.54) is 0 Å². The number of hydrogen-bond donors (Lipinski definition) is 2. The van der Waals surface area contributed by atoms with Crippen molar-refractivity contribution in [1.82, 2.24) is 0 Å². The van der Waals surface area contributed by atoms with Gasteiger partial charge in [0.2, 0.25) is 0 Å². The van der Waals surface area contributed by atoms with E-state index in [1.807, 2.05) is 13.0 Å². The molecule has 0 amide bonds. The number of aliphatic hydroxyl groups excluding tert-OH is 1. The number of rotatable bonds is 5. The van der Waals surface area contributed by atoms with Crippen LogP contribution in [0.25, 0.3) is 0 Å². The molecule has 0 aliphatic heterocycles. The topological polar surface area (TPSA) is 66.4 Å². The SMILES string of the molecule is Cc1cccc(S(=O)(=O)Nc2ccc(CCO)cc2)c1. The number of aliphatic hydroxyl groups is 1. The number of anilines is 1. The average molecular weight is 291 g/mol. The van der Waals surface area contributed by atoms with Crippen LogP contribution in [0.4, 0.5) is 5.69 Å². The van der Waals surface area contributed by atoms with Gasteiger partial charge >= 0.3 is 0 Å². The van der Waals surface area contributed by atoms with Crippen molar-refractivity contribution in [2.24, 2.45) is 0 Å². The molecule has 5 heteroatoms. The van der Waals surface area contributed by atoms with Crippen LogP contribution in [0.2, 0.25) is 0 Å². The molecular formula is C15H17NO3S. The maximum atomic E-state index is 12.2. The summed E-state index contributed by atoms with van der Waals surface area (Å²) in [5, 5.41) is 8.84. The molecule has 0 aliphatic rings. The van der Waals surface area contributed by atoms with Gasteiger partial charge in [-0.25, -0.2) is 8.42 Å². The first kappa shape index (κ1) is 14.6. The molecular weight excluding hydrogens is 274 g/mol. The molecule has 0 bridgehead atoms. The lowest BCUT2D eigenvalue weighted by atomic mass is 10.1. The van der Waals surface area contributed by atoms with Crippen LogP contribution in [0.5, 0.6) is 0 Å². The molecule has 4 nitrogen and oxygen atoms in total. The van der Waals surface area contributed by atoms with Gasteiger partial charge in [0, 0.05) is 12.3 Å². The van der Waals surface area contributed by atoms with E-state index < -0.39 is 10.0 Å². The molecule has 0 spiro atoms.